The monoisotopic (exact) mass is 283 g/mol. The fourth-order valence-electron chi connectivity index (χ4n) is 1.79. The van der Waals surface area contributed by atoms with Crippen molar-refractivity contribution < 1.29 is 15.0 Å². The van der Waals surface area contributed by atoms with Crippen molar-refractivity contribution in [2.24, 2.45) is 5.41 Å². The van der Waals surface area contributed by atoms with Gasteiger partial charge in [0.05, 0.1) is 5.56 Å². The van der Waals surface area contributed by atoms with Crippen molar-refractivity contribution in [3.8, 4) is 0 Å². The average Bonchev–Trinajstić information content (AvgIpc) is 2.35. The van der Waals surface area contributed by atoms with E-state index in [1.807, 2.05) is 26.2 Å². The molecule has 0 aliphatic rings. The third kappa shape index (κ3) is 4.44. The number of hydrogen-bond donors (Lipinski definition) is 3. The van der Waals surface area contributed by atoms with Gasteiger partial charge in [0.15, 0.2) is 0 Å². The van der Waals surface area contributed by atoms with Crippen LogP contribution in [-0.4, -0.2) is 35.6 Å². The summed E-state index contributed by atoms with van der Waals surface area (Å²) in [6, 6.07) is 5.43. The average molecular weight is 283 g/mol. The van der Waals surface area contributed by atoms with Crippen LogP contribution in [0.3, 0.4) is 0 Å². The van der Waals surface area contributed by atoms with E-state index in [1.165, 1.54) is 11.8 Å². The fraction of sp³-hybridized carbons (Fsp3) is 0.500. The molecule has 1 aromatic rings. The number of aliphatic hydroxyl groups excluding tert-OH is 1. The summed E-state index contributed by atoms with van der Waals surface area (Å²) in [5, 5.41) is 21.5. The first-order valence-electron chi connectivity index (χ1n) is 6.16. The van der Waals surface area contributed by atoms with Gasteiger partial charge in [0.25, 0.3) is 0 Å². The first-order chi connectivity index (χ1) is 8.91. The van der Waals surface area contributed by atoms with Crippen molar-refractivity contribution in [3.63, 3.8) is 0 Å². The molecule has 19 heavy (non-hydrogen) atoms. The van der Waals surface area contributed by atoms with E-state index in [2.05, 4.69) is 5.32 Å². The minimum absolute atomic E-state index is 0.0834. The van der Waals surface area contributed by atoms with E-state index in [0.717, 1.165) is 4.90 Å². The van der Waals surface area contributed by atoms with Crippen molar-refractivity contribution in [2.45, 2.75) is 25.2 Å². The molecule has 0 heterocycles. The van der Waals surface area contributed by atoms with Crippen molar-refractivity contribution in [1.29, 1.82) is 0 Å². The van der Waals surface area contributed by atoms with Gasteiger partial charge in [-0.05, 0) is 30.2 Å². The van der Waals surface area contributed by atoms with Gasteiger partial charge < -0.3 is 15.5 Å². The molecule has 0 radical (unpaired) electrons. The highest BCUT2D eigenvalue weighted by Crippen LogP contribution is 2.28. The van der Waals surface area contributed by atoms with Crippen LogP contribution in [0.4, 0.5) is 5.69 Å². The Morgan fingerprint density at radius 3 is 2.63 bits per heavy atom. The van der Waals surface area contributed by atoms with Crippen LogP contribution in [0.2, 0.25) is 0 Å². The predicted octanol–water partition coefficient (Wildman–Crippen LogP) is 2.93. The first-order valence-corrected chi connectivity index (χ1v) is 7.39. The summed E-state index contributed by atoms with van der Waals surface area (Å²) in [4.78, 5) is 12.1. The molecule has 4 nitrogen and oxygen atoms in total. The smallest absolute Gasteiger partial charge is 0.338 e. The summed E-state index contributed by atoms with van der Waals surface area (Å²) in [6.07, 6.45) is 2.53. The number of carbonyl (C=O) groups is 1. The van der Waals surface area contributed by atoms with Gasteiger partial charge in [0.2, 0.25) is 0 Å². The second-order valence-electron chi connectivity index (χ2n) is 5.18. The topological polar surface area (TPSA) is 69.6 Å². The van der Waals surface area contributed by atoms with E-state index in [9.17, 15) is 9.90 Å². The van der Waals surface area contributed by atoms with Gasteiger partial charge in [-0.15, -0.1) is 11.8 Å². The molecule has 0 spiro atoms. The maximum Gasteiger partial charge on any atom is 0.338 e. The number of hydrogen-bond acceptors (Lipinski definition) is 4. The zero-order valence-corrected chi connectivity index (χ0v) is 12.4. The number of thioether (sulfide) groups is 1. The van der Waals surface area contributed by atoms with E-state index in [-0.39, 0.29) is 12.0 Å². The summed E-state index contributed by atoms with van der Waals surface area (Å²) in [7, 11) is 0. The lowest BCUT2D eigenvalue weighted by Gasteiger charge is -2.25. The van der Waals surface area contributed by atoms with E-state index < -0.39 is 5.97 Å². The number of carboxylic acid groups (broad SMARTS) is 1. The Hall–Kier alpha value is -1.20. The minimum Gasteiger partial charge on any atom is -0.478 e. The van der Waals surface area contributed by atoms with Crippen LogP contribution < -0.4 is 5.32 Å². The Bertz CT molecular complexity index is 446. The lowest BCUT2D eigenvalue weighted by molar-refractivity contribution is 0.0694. The first kappa shape index (κ1) is 15.9. The second kappa shape index (κ2) is 6.82. The molecule has 0 fully saturated rings. The van der Waals surface area contributed by atoms with E-state index >= 15 is 0 Å². The molecule has 1 rings (SSSR count). The maximum atomic E-state index is 11.4. The number of aromatic carboxylic acids is 1. The third-order valence-corrected chi connectivity index (χ3v) is 3.79. The minimum atomic E-state index is -0.924. The number of anilines is 1. The van der Waals surface area contributed by atoms with Crippen LogP contribution in [0.15, 0.2) is 23.1 Å². The van der Waals surface area contributed by atoms with E-state index in [1.54, 1.807) is 12.1 Å². The van der Waals surface area contributed by atoms with Crippen LogP contribution in [0, 0.1) is 5.41 Å². The van der Waals surface area contributed by atoms with Crippen LogP contribution in [0.5, 0.6) is 0 Å². The van der Waals surface area contributed by atoms with Gasteiger partial charge in [0, 0.05) is 23.7 Å². The quantitative estimate of drug-likeness (QED) is 0.671. The molecule has 3 N–H and O–H groups in total. The number of carboxylic acids is 1. The summed E-state index contributed by atoms with van der Waals surface area (Å²) < 4.78 is 0. The maximum absolute atomic E-state index is 11.4. The molecule has 0 aromatic heterocycles. The standard InChI is InChI=1S/C14H21NO3S/c1-14(2,7-8-16)9-15-10-5-4-6-11(19-3)12(10)13(17)18/h4-6,15-16H,7-9H2,1-3H3,(H,17,18). The summed E-state index contributed by atoms with van der Waals surface area (Å²) >= 11 is 1.42. The number of rotatable bonds is 7. The zero-order valence-electron chi connectivity index (χ0n) is 11.6. The molecule has 0 saturated heterocycles. The molecular weight excluding hydrogens is 262 g/mol. The Labute approximate surface area is 118 Å². The van der Waals surface area contributed by atoms with Gasteiger partial charge in [-0.2, -0.15) is 0 Å². The van der Waals surface area contributed by atoms with Gasteiger partial charge in [-0.1, -0.05) is 19.9 Å². The lowest BCUT2D eigenvalue weighted by atomic mass is 9.89. The highest BCUT2D eigenvalue weighted by atomic mass is 32.2. The van der Waals surface area contributed by atoms with Crippen LogP contribution in [-0.2, 0) is 0 Å². The molecular formula is C14H21NO3S. The molecule has 0 aliphatic carbocycles. The molecule has 5 heteroatoms. The Kier molecular flexibility index (Phi) is 5.69. The fourth-order valence-corrected chi connectivity index (χ4v) is 2.41. The lowest BCUT2D eigenvalue weighted by Crippen LogP contribution is -2.25. The highest BCUT2D eigenvalue weighted by Gasteiger charge is 2.20. The highest BCUT2D eigenvalue weighted by molar-refractivity contribution is 7.98. The Morgan fingerprint density at radius 2 is 2.11 bits per heavy atom. The van der Waals surface area contributed by atoms with E-state index in [4.69, 9.17) is 5.11 Å². The van der Waals surface area contributed by atoms with Gasteiger partial charge in [-0.25, -0.2) is 4.79 Å². The molecule has 1 aromatic carbocycles. The normalized spacial score (nSPS) is 11.4. The van der Waals surface area contributed by atoms with Crippen LogP contribution in [0.1, 0.15) is 30.6 Å². The molecule has 0 aliphatic heterocycles. The Balaban J connectivity index is 2.92. The van der Waals surface area contributed by atoms with Crippen molar-refractivity contribution in [2.75, 3.05) is 24.7 Å². The molecule has 0 bridgehead atoms. The summed E-state index contributed by atoms with van der Waals surface area (Å²) in [5.74, 6) is -0.924. The van der Waals surface area contributed by atoms with Crippen molar-refractivity contribution >= 4 is 23.4 Å². The predicted molar refractivity (Wildman–Crippen MR) is 79.2 cm³/mol. The summed E-state index contributed by atoms with van der Waals surface area (Å²) in [6.45, 7) is 4.82. The molecule has 0 saturated carbocycles. The molecule has 106 valence electrons. The van der Waals surface area contributed by atoms with Crippen LogP contribution >= 0.6 is 11.8 Å². The number of benzene rings is 1. The van der Waals surface area contributed by atoms with Crippen LogP contribution in [0.25, 0.3) is 0 Å². The molecule has 0 amide bonds. The Morgan fingerprint density at radius 1 is 1.42 bits per heavy atom. The molecule has 0 unspecified atom stereocenters. The van der Waals surface area contributed by atoms with Gasteiger partial charge in [0.1, 0.15) is 0 Å². The van der Waals surface area contributed by atoms with E-state index in [0.29, 0.717) is 24.2 Å². The SMILES string of the molecule is CSc1cccc(NCC(C)(C)CCO)c1C(=O)O. The van der Waals surface area contributed by atoms with Gasteiger partial charge >= 0.3 is 5.97 Å². The number of aliphatic hydroxyl groups is 1. The zero-order chi connectivity index (χ0) is 14.5. The number of nitrogens with one attached hydrogen (secondary N) is 1. The summed E-state index contributed by atoms with van der Waals surface area (Å²) in [5.41, 5.74) is 0.861. The molecule has 0 atom stereocenters. The van der Waals surface area contributed by atoms with Gasteiger partial charge in [-0.3, -0.25) is 0 Å². The largest absolute Gasteiger partial charge is 0.478 e. The van der Waals surface area contributed by atoms with Crippen molar-refractivity contribution in [3.05, 3.63) is 23.8 Å². The second-order valence-corrected chi connectivity index (χ2v) is 6.03. The third-order valence-electron chi connectivity index (χ3n) is 3.01. The van der Waals surface area contributed by atoms with Crippen molar-refractivity contribution in [1.82, 2.24) is 0 Å².